The lowest BCUT2D eigenvalue weighted by Gasteiger charge is -2.40. The van der Waals surface area contributed by atoms with Crippen molar-refractivity contribution in [2.45, 2.75) is 51.6 Å². The lowest BCUT2D eigenvalue weighted by Crippen LogP contribution is -2.57. The summed E-state index contributed by atoms with van der Waals surface area (Å²) in [6.45, 7) is 7.07. The molecule has 0 bridgehead atoms. The molecule has 19 heavy (non-hydrogen) atoms. The molecular formula is C14H28N2O2S. The number of nitrogens with one attached hydrogen (secondary N) is 1. The van der Waals surface area contributed by atoms with Gasteiger partial charge in [0, 0.05) is 30.9 Å². The molecule has 0 spiro atoms. The summed E-state index contributed by atoms with van der Waals surface area (Å²) < 4.78 is 23.1. The molecule has 2 aliphatic rings. The number of nitrogens with zero attached hydrogens (tertiary/aromatic N) is 1. The lowest BCUT2D eigenvalue weighted by molar-refractivity contribution is 0.114. The summed E-state index contributed by atoms with van der Waals surface area (Å²) in [5, 5.41) is 3.63. The SMILES string of the molecule is CCC1CN(CCCS(=O)(=O)CC)C(C2CC2)CN1. The molecule has 1 N–H and O–H groups in total. The maximum Gasteiger partial charge on any atom is 0.150 e. The molecule has 2 rings (SSSR count). The molecule has 4 nitrogen and oxygen atoms in total. The van der Waals surface area contributed by atoms with Gasteiger partial charge in [0.15, 0.2) is 0 Å². The van der Waals surface area contributed by atoms with Crippen molar-refractivity contribution >= 4 is 9.84 Å². The van der Waals surface area contributed by atoms with Gasteiger partial charge in [-0.05, 0) is 38.1 Å². The van der Waals surface area contributed by atoms with E-state index in [1.165, 1.54) is 12.8 Å². The largest absolute Gasteiger partial charge is 0.311 e. The van der Waals surface area contributed by atoms with Crippen LogP contribution in [0, 0.1) is 5.92 Å². The Hall–Kier alpha value is -0.130. The van der Waals surface area contributed by atoms with Crippen LogP contribution in [0.25, 0.3) is 0 Å². The van der Waals surface area contributed by atoms with Crippen LogP contribution in [0.3, 0.4) is 0 Å². The van der Waals surface area contributed by atoms with Gasteiger partial charge in [-0.1, -0.05) is 13.8 Å². The predicted molar refractivity (Wildman–Crippen MR) is 79.1 cm³/mol. The minimum absolute atomic E-state index is 0.276. The van der Waals surface area contributed by atoms with Crippen molar-refractivity contribution in [2.24, 2.45) is 5.92 Å². The Balaban J connectivity index is 1.83. The third-order valence-electron chi connectivity index (χ3n) is 4.54. The number of piperazine rings is 1. The minimum atomic E-state index is -2.80. The van der Waals surface area contributed by atoms with E-state index in [2.05, 4.69) is 17.1 Å². The Morgan fingerprint density at radius 1 is 1.26 bits per heavy atom. The van der Waals surface area contributed by atoms with Gasteiger partial charge in [0.25, 0.3) is 0 Å². The fourth-order valence-electron chi connectivity index (χ4n) is 3.01. The van der Waals surface area contributed by atoms with E-state index < -0.39 is 9.84 Å². The predicted octanol–water partition coefficient (Wildman–Crippen LogP) is 1.27. The fraction of sp³-hybridized carbons (Fsp3) is 1.00. The van der Waals surface area contributed by atoms with Crippen LogP contribution in [0.1, 0.15) is 39.5 Å². The van der Waals surface area contributed by atoms with Crippen LogP contribution >= 0.6 is 0 Å². The Morgan fingerprint density at radius 2 is 2.00 bits per heavy atom. The van der Waals surface area contributed by atoms with E-state index in [4.69, 9.17) is 0 Å². The third kappa shape index (κ3) is 4.43. The smallest absolute Gasteiger partial charge is 0.150 e. The number of hydrogen-bond acceptors (Lipinski definition) is 4. The summed E-state index contributed by atoms with van der Waals surface area (Å²) >= 11 is 0. The highest BCUT2D eigenvalue weighted by Gasteiger charge is 2.38. The van der Waals surface area contributed by atoms with Crippen molar-refractivity contribution in [3.05, 3.63) is 0 Å². The van der Waals surface area contributed by atoms with E-state index in [0.29, 0.717) is 17.8 Å². The average Bonchev–Trinajstić information content (AvgIpc) is 3.23. The Kier molecular flexibility index (Phi) is 5.26. The van der Waals surface area contributed by atoms with Crippen molar-refractivity contribution in [1.29, 1.82) is 0 Å². The molecule has 1 aliphatic heterocycles. The monoisotopic (exact) mass is 288 g/mol. The average molecular weight is 288 g/mol. The van der Waals surface area contributed by atoms with E-state index in [9.17, 15) is 8.42 Å². The van der Waals surface area contributed by atoms with Crippen molar-refractivity contribution < 1.29 is 8.42 Å². The molecule has 0 aromatic heterocycles. The van der Waals surface area contributed by atoms with Gasteiger partial charge in [-0.25, -0.2) is 8.42 Å². The summed E-state index contributed by atoms with van der Waals surface area (Å²) in [5.41, 5.74) is 0. The van der Waals surface area contributed by atoms with Crippen molar-refractivity contribution in [1.82, 2.24) is 10.2 Å². The number of sulfone groups is 1. The molecule has 112 valence electrons. The standard InChI is InChI=1S/C14H28N2O2S/c1-3-13-11-16(8-5-9-19(17,18)4-2)14(10-15-13)12-6-7-12/h12-15H,3-11H2,1-2H3. The van der Waals surface area contributed by atoms with Gasteiger partial charge in [-0.15, -0.1) is 0 Å². The minimum Gasteiger partial charge on any atom is -0.311 e. The normalized spacial score (nSPS) is 29.6. The van der Waals surface area contributed by atoms with Crippen molar-refractivity contribution in [2.75, 3.05) is 31.1 Å². The van der Waals surface area contributed by atoms with Crippen LogP contribution in [0.4, 0.5) is 0 Å². The highest BCUT2D eigenvalue weighted by Crippen LogP contribution is 2.36. The maximum absolute atomic E-state index is 11.6. The second-order valence-corrected chi connectivity index (χ2v) is 8.48. The van der Waals surface area contributed by atoms with E-state index >= 15 is 0 Å². The van der Waals surface area contributed by atoms with Gasteiger partial charge in [-0.3, -0.25) is 4.90 Å². The Labute approximate surface area is 117 Å². The van der Waals surface area contributed by atoms with Crippen LogP contribution in [-0.2, 0) is 9.84 Å². The van der Waals surface area contributed by atoms with Crippen LogP contribution in [0.5, 0.6) is 0 Å². The third-order valence-corrected chi connectivity index (χ3v) is 6.33. The van der Waals surface area contributed by atoms with E-state index in [1.807, 2.05) is 0 Å². The zero-order chi connectivity index (χ0) is 13.9. The molecule has 1 saturated carbocycles. The zero-order valence-corrected chi connectivity index (χ0v) is 13.1. The second kappa shape index (κ2) is 6.55. The van der Waals surface area contributed by atoms with Gasteiger partial charge < -0.3 is 5.32 Å². The molecule has 1 saturated heterocycles. The molecule has 2 fully saturated rings. The first kappa shape index (κ1) is 15.3. The fourth-order valence-corrected chi connectivity index (χ4v) is 3.87. The highest BCUT2D eigenvalue weighted by atomic mass is 32.2. The van der Waals surface area contributed by atoms with Crippen LogP contribution in [-0.4, -0.2) is 56.5 Å². The lowest BCUT2D eigenvalue weighted by atomic mass is 10.0. The van der Waals surface area contributed by atoms with E-state index in [-0.39, 0.29) is 5.75 Å². The molecule has 1 heterocycles. The number of hydrogen-bond donors (Lipinski definition) is 1. The topological polar surface area (TPSA) is 49.4 Å². The van der Waals surface area contributed by atoms with Gasteiger partial charge in [-0.2, -0.15) is 0 Å². The molecule has 0 aromatic carbocycles. The summed E-state index contributed by atoms with van der Waals surface area (Å²) in [6, 6.07) is 1.23. The Bertz CT molecular complexity index is 379. The van der Waals surface area contributed by atoms with E-state index in [0.717, 1.165) is 38.4 Å². The maximum atomic E-state index is 11.6. The van der Waals surface area contributed by atoms with Gasteiger partial charge in [0.05, 0.1) is 5.75 Å². The van der Waals surface area contributed by atoms with Crippen molar-refractivity contribution in [3.8, 4) is 0 Å². The quantitative estimate of drug-likeness (QED) is 0.766. The van der Waals surface area contributed by atoms with Gasteiger partial charge >= 0.3 is 0 Å². The summed E-state index contributed by atoms with van der Waals surface area (Å²) in [7, 11) is -2.80. The molecule has 0 radical (unpaired) electrons. The molecule has 0 aromatic rings. The van der Waals surface area contributed by atoms with Crippen LogP contribution in [0.2, 0.25) is 0 Å². The summed E-state index contributed by atoms with van der Waals surface area (Å²) in [6.07, 6.45) is 4.65. The molecule has 0 amide bonds. The van der Waals surface area contributed by atoms with Crippen LogP contribution in [0.15, 0.2) is 0 Å². The first-order chi connectivity index (χ1) is 9.05. The first-order valence-corrected chi connectivity index (χ1v) is 9.55. The van der Waals surface area contributed by atoms with Crippen LogP contribution < -0.4 is 5.32 Å². The molecule has 5 heteroatoms. The second-order valence-electron chi connectivity index (χ2n) is 6.00. The molecule has 1 aliphatic carbocycles. The molecule has 2 atom stereocenters. The molecule has 2 unspecified atom stereocenters. The molecular weight excluding hydrogens is 260 g/mol. The highest BCUT2D eigenvalue weighted by molar-refractivity contribution is 7.91. The van der Waals surface area contributed by atoms with E-state index in [1.54, 1.807) is 6.92 Å². The first-order valence-electron chi connectivity index (χ1n) is 7.73. The Morgan fingerprint density at radius 3 is 2.58 bits per heavy atom. The van der Waals surface area contributed by atoms with Gasteiger partial charge in [0.1, 0.15) is 9.84 Å². The van der Waals surface area contributed by atoms with Gasteiger partial charge in [0.2, 0.25) is 0 Å². The summed E-state index contributed by atoms with van der Waals surface area (Å²) in [4.78, 5) is 2.55. The zero-order valence-electron chi connectivity index (χ0n) is 12.3. The number of rotatable bonds is 7. The van der Waals surface area contributed by atoms with Crippen molar-refractivity contribution in [3.63, 3.8) is 0 Å². The summed E-state index contributed by atoms with van der Waals surface area (Å²) in [5.74, 6) is 1.48.